The van der Waals surface area contributed by atoms with Crippen LogP contribution >= 0.6 is 15.9 Å². The Morgan fingerprint density at radius 2 is 2.00 bits per heavy atom. The lowest BCUT2D eigenvalue weighted by atomic mass is 9.89. The lowest BCUT2D eigenvalue weighted by Crippen LogP contribution is -2.37. The van der Waals surface area contributed by atoms with Gasteiger partial charge in [0.05, 0.1) is 19.8 Å². The standard InChI is InChI=1S/C16H22BrNO3/c1-20-12-5-6-14(21-2)13(9-12)15(19)18-11-16(10-17)7-3-4-8-16/h5-6,9H,3-4,7-8,10-11H2,1-2H3,(H,18,19). The first-order chi connectivity index (χ1) is 10.1. The van der Waals surface area contributed by atoms with Crippen LogP contribution in [0.15, 0.2) is 18.2 Å². The largest absolute Gasteiger partial charge is 0.497 e. The molecule has 0 aromatic heterocycles. The molecule has 4 nitrogen and oxygen atoms in total. The Labute approximate surface area is 134 Å². The first kappa shape index (κ1) is 16.1. The van der Waals surface area contributed by atoms with E-state index in [0.29, 0.717) is 23.6 Å². The van der Waals surface area contributed by atoms with E-state index in [9.17, 15) is 4.79 Å². The van der Waals surface area contributed by atoms with Crippen molar-refractivity contribution in [3.8, 4) is 11.5 Å². The highest BCUT2D eigenvalue weighted by molar-refractivity contribution is 9.09. The van der Waals surface area contributed by atoms with Crippen LogP contribution in [0.2, 0.25) is 0 Å². The van der Waals surface area contributed by atoms with Gasteiger partial charge < -0.3 is 14.8 Å². The number of ether oxygens (including phenoxy) is 2. The maximum absolute atomic E-state index is 12.4. The van der Waals surface area contributed by atoms with E-state index in [4.69, 9.17) is 9.47 Å². The lowest BCUT2D eigenvalue weighted by Gasteiger charge is -2.26. The van der Waals surface area contributed by atoms with Gasteiger partial charge in [0.1, 0.15) is 11.5 Å². The fourth-order valence-corrected chi connectivity index (χ4v) is 3.60. The van der Waals surface area contributed by atoms with Crippen LogP contribution in [-0.2, 0) is 0 Å². The lowest BCUT2D eigenvalue weighted by molar-refractivity contribution is 0.0932. The van der Waals surface area contributed by atoms with Gasteiger partial charge in [-0.05, 0) is 36.5 Å². The molecule has 1 amide bonds. The molecule has 1 aliphatic rings. The van der Waals surface area contributed by atoms with Crippen LogP contribution in [0.4, 0.5) is 0 Å². The maximum atomic E-state index is 12.4. The molecule has 1 aromatic rings. The van der Waals surface area contributed by atoms with Crippen LogP contribution in [0.1, 0.15) is 36.0 Å². The number of hydrogen-bond acceptors (Lipinski definition) is 3. The van der Waals surface area contributed by atoms with E-state index >= 15 is 0 Å². The van der Waals surface area contributed by atoms with Crippen molar-refractivity contribution in [3.05, 3.63) is 23.8 Å². The zero-order valence-electron chi connectivity index (χ0n) is 12.6. The number of halogens is 1. The smallest absolute Gasteiger partial charge is 0.255 e. The summed E-state index contributed by atoms with van der Waals surface area (Å²) in [5.74, 6) is 1.10. The highest BCUT2D eigenvalue weighted by Gasteiger charge is 2.33. The zero-order chi connectivity index (χ0) is 15.3. The molecule has 0 aliphatic heterocycles. The van der Waals surface area contributed by atoms with Gasteiger partial charge in [0.15, 0.2) is 0 Å². The van der Waals surface area contributed by atoms with Crippen LogP contribution < -0.4 is 14.8 Å². The average molecular weight is 356 g/mol. The number of hydrogen-bond donors (Lipinski definition) is 1. The molecule has 0 atom stereocenters. The van der Waals surface area contributed by atoms with Gasteiger partial charge in [-0.2, -0.15) is 0 Å². The minimum Gasteiger partial charge on any atom is -0.497 e. The molecule has 0 saturated heterocycles. The molecule has 1 fully saturated rings. The monoisotopic (exact) mass is 355 g/mol. The van der Waals surface area contributed by atoms with Gasteiger partial charge in [0.2, 0.25) is 0 Å². The maximum Gasteiger partial charge on any atom is 0.255 e. The average Bonchev–Trinajstić information content (AvgIpc) is 3.01. The molecule has 0 unspecified atom stereocenters. The van der Waals surface area contributed by atoms with Crippen LogP contribution in [0.5, 0.6) is 11.5 Å². The van der Waals surface area contributed by atoms with Gasteiger partial charge in [-0.25, -0.2) is 0 Å². The summed E-state index contributed by atoms with van der Waals surface area (Å²) in [6.45, 7) is 0.692. The predicted molar refractivity (Wildman–Crippen MR) is 86.6 cm³/mol. The van der Waals surface area contributed by atoms with Crippen molar-refractivity contribution < 1.29 is 14.3 Å². The third kappa shape index (κ3) is 3.70. The van der Waals surface area contributed by atoms with Crippen LogP contribution in [0.3, 0.4) is 0 Å². The Hall–Kier alpha value is -1.23. The Morgan fingerprint density at radius 1 is 1.29 bits per heavy atom. The quantitative estimate of drug-likeness (QED) is 0.795. The third-order valence-corrected chi connectivity index (χ3v) is 5.41. The summed E-state index contributed by atoms with van der Waals surface area (Å²) in [6.07, 6.45) is 4.80. The highest BCUT2D eigenvalue weighted by Crippen LogP contribution is 2.39. The Morgan fingerprint density at radius 3 is 2.57 bits per heavy atom. The molecular weight excluding hydrogens is 334 g/mol. The first-order valence-corrected chi connectivity index (χ1v) is 8.32. The zero-order valence-corrected chi connectivity index (χ0v) is 14.2. The summed E-state index contributed by atoms with van der Waals surface area (Å²) in [4.78, 5) is 12.4. The number of methoxy groups -OCH3 is 2. The number of carbonyl (C=O) groups is 1. The normalized spacial score (nSPS) is 16.5. The number of benzene rings is 1. The molecule has 116 valence electrons. The van der Waals surface area contributed by atoms with E-state index in [0.717, 1.165) is 18.2 Å². The predicted octanol–water partition coefficient (Wildman–Crippen LogP) is 3.39. The molecule has 1 aromatic carbocycles. The molecule has 1 aliphatic carbocycles. The van der Waals surface area contributed by atoms with Gasteiger partial charge in [-0.1, -0.05) is 28.8 Å². The summed E-state index contributed by atoms with van der Waals surface area (Å²) in [5.41, 5.74) is 0.710. The van der Waals surface area contributed by atoms with Gasteiger partial charge in [-0.3, -0.25) is 4.79 Å². The number of rotatable bonds is 6. The summed E-state index contributed by atoms with van der Waals surface area (Å²) in [6, 6.07) is 5.25. The van der Waals surface area contributed by atoms with Crippen molar-refractivity contribution in [1.82, 2.24) is 5.32 Å². The van der Waals surface area contributed by atoms with Gasteiger partial charge in [-0.15, -0.1) is 0 Å². The van der Waals surface area contributed by atoms with E-state index in [-0.39, 0.29) is 11.3 Å². The van der Waals surface area contributed by atoms with Crippen molar-refractivity contribution >= 4 is 21.8 Å². The molecule has 21 heavy (non-hydrogen) atoms. The number of nitrogens with one attached hydrogen (secondary N) is 1. The number of amides is 1. The minimum atomic E-state index is -0.113. The first-order valence-electron chi connectivity index (χ1n) is 7.20. The van der Waals surface area contributed by atoms with Crippen molar-refractivity contribution in [1.29, 1.82) is 0 Å². The summed E-state index contributed by atoms with van der Waals surface area (Å²) in [7, 11) is 3.15. The SMILES string of the molecule is COc1ccc(OC)c(C(=O)NCC2(CBr)CCCC2)c1. The van der Waals surface area contributed by atoms with Gasteiger partial charge in [0.25, 0.3) is 5.91 Å². The topological polar surface area (TPSA) is 47.6 Å². The van der Waals surface area contributed by atoms with E-state index < -0.39 is 0 Å². The second kappa shape index (κ2) is 7.16. The second-order valence-electron chi connectivity index (χ2n) is 5.59. The molecule has 0 spiro atoms. The molecule has 0 bridgehead atoms. The number of carbonyl (C=O) groups excluding carboxylic acids is 1. The molecule has 1 N–H and O–H groups in total. The molecular formula is C16H22BrNO3. The highest BCUT2D eigenvalue weighted by atomic mass is 79.9. The van der Waals surface area contributed by atoms with Crippen LogP contribution in [0, 0.1) is 5.41 Å². The third-order valence-electron chi connectivity index (χ3n) is 4.22. The molecule has 0 radical (unpaired) electrons. The van der Waals surface area contributed by atoms with E-state index in [1.165, 1.54) is 12.8 Å². The molecule has 0 heterocycles. The fraction of sp³-hybridized carbons (Fsp3) is 0.562. The van der Waals surface area contributed by atoms with E-state index in [2.05, 4.69) is 21.2 Å². The van der Waals surface area contributed by atoms with Crippen molar-refractivity contribution in [2.75, 3.05) is 26.1 Å². The summed E-state index contributed by atoms with van der Waals surface area (Å²) >= 11 is 3.59. The summed E-state index contributed by atoms with van der Waals surface area (Å²) < 4.78 is 10.4. The van der Waals surface area contributed by atoms with Crippen LogP contribution in [0.25, 0.3) is 0 Å². The van der Waals surface area contributed by atoms with Crippen molar-refractivity contribution in [2.45, 2.75) is 25.7 Å². The van der Waals surface area contributed by atoms with Gasteiger partial charge in [0, 0.05) is 11.9 Å². The fourth-order valence-electron chi connectivity index (χ4n) is 2.84. The second-order valence-corrected chi connectivity index (χ2v) is 6.15. The molecule has 1 saturated carbocycles. The Bertz CT molecular complexity index is 498. The van der Waals surface area contributed by atoms with E-state index in [1.54, 1.807) is 32.4 Å². The number of alkyl halides is 1. The van der Waals surface area contributed by atoms with Crippen molar-refractivity contribution in [3.63, 3.8) is 0 Å². The summed E-state index contributed by atoms with van der Waals surface area (Å²) in [5, 5.41) is 3.98. The van der Waals surface area contributed by atoms with Crippen molar-refractivity contribution in [2.24, 2.45) is 5.41 Å². The van der Waals surface area contributed by atoms with E-state index in [1.807, 2.05) is 0 Å². The van der Waals surface area contributed by atoms with Crippen LogP contribution in [-0.4, -0.2) is 32.0 Å². The molecule has 2 rings (SSSR count). The van der Waals surface area contributed by atoms with Gasteiger partial charge >= 0.3 is 0 Å². The molecule has 5 heteroatoms. The Kier molecular flexibility index (Phi) is 5.51. The minimum absolute atomic E-state index is 0.113. The Balaban J connectivity index is 2.09.